The van der Waals surface area contributed by atoms with Crippen molar-refractivity contribution in [3.63, 3.8) is 0 Å². The number of hydroxylamine groups is 1. The van der Waals surface area contributed by atoms with Crippen molar-refractivity contribution in [2.24, 2.45) is 0 Å². The van der Waals surface area contributed by atoms with Gasteiger partial charge >= 0.3 is 11.4 Å². The summed E-state index contributed by atoms with van der Waals surface area (Å²) in [6, 6.07) is 15.0. The zero-order valence-corrected chi connectivity index (χ0v) is 17.3. The fraction of sp³-hybridized carbons (Fsp3) is 0.0526. The summed E-state index contributed by atoms with van der Waals surface area (Å²) in [5, 5.41) is 4.50. The lowest BCUT2D eigenvalue weighted by Gasteiger charge is -2.16. The predicted octanol–water partition coefficient (Wildman–Crippen LogP) is 4.81. The molecule has 2 aromatic carbocycles. The Morgan fingerprint density at radius 1 is 1.14 bits per heavy atom. The molecule has 10 heteroatoms. The highest BCUT2D eigenvalue weighted by molar-refractivity contribution is 7.74. The summed E-state index contributed by atoms with van der Waals surface area (Å²) >= 11 is 10.00. The van der Waals surface area contributed by atoms with E-state index in [2.05, 4.69) is 14.6 Å². The molecule has 1 heterocycles. The summed E-state index contributed by atoms with van der Waals surface area (Å²) < 4.78 is 24.2. The van der Waals surface area contributed by atoms with Crippen LogP contribution in [0.1, 0.15) is 10.4 Å². The van der Waals surface area contributed by atoms with Crippen LogP contribution in [0.25, 0.3) is 11.3 Å². The fourth-order valence-electron chi connectivity index (χ4n) is 2.54. The highest BCUT2D eigenvalue weighted by atomic mass is 35.5. The molecule has 0 spiro atoms. The van der Waals surface area contributed by atoms with Crippen molar-refractivity contribution in [3.8, 4) is 11.3 Å². The van der Waals surface area contributed by atoms with Crippen LogP contribution in [0.3, 0.4) is 0 Å². The summed E-state index contributed by atoms with van der Waals surface area (Å²) in [5.41, 5.74) is 2.51. The van der Waals surface area contributed by atoms with Gasteiger partial charge in [-0.15, -0.1) is 4.28 Å². The Kier molecular flexibility index (Phi) is 6.83. The lowest BCUT2D eigenvalue weighted by molar-refractivity contribution is 0.102. The molecule has 0 fully saturated rings. The van der Waals surface area contributed by atoms with Crippen LogP contribution in [0.5, 0.6) is 0 Å². The van der Waals surface area contributed by atoms with Crippen LogP contribution >= 0.6 is 23.2 Å². The molecule has 1 aromatic heterocycles. The molecule has 0 saturated carbocycles. The summed E-state index contributed by atoms with van der Waals surface area (Å²) in [5.74, 6) is -0.426. The van der Waals surface area contributed by atoms with E-state index in [0.717, 1.165) is 5.06 Å². The molecular weight excluding hydrogens is 437 g/mol. The number of carbonyl (C=O) groups excluding carboxylic acids is 1. The van der Waals surface area contributed by atoms with E-state index in [1.807, 2.05) is 12.1 Å². The van der Waals surface area contributed by atoms with Gasteiger partial charge in [-0.1, -0.05) is 29.3 Å². The van der Waals surface area contributed by atoms with E-state index in [1.54, 1.807) is 30.5 Å². The number of carbonyl (C=O) groups is 1. The third-order valence-electron chi connectivity index (χ3n) is 3.90. The molecule has 29 heavy (non-hydrogen) atoms. The van der Waals surface area contributed by atoms with Crippen LogP contribution in [0.2, 0.25) is 10.0 Å². The van der Waals surface area contributed by atoms with Gasteiger partial charge in [-0.3, -0.25) is 14.3 Å². The molecule has 0 aliphatic carbocycles. The predicted molar refractivity (Wildman–Crippen MR) is 114 cm³/mol. The molecule has 1 amide bonds. The number of amides is 1. The molecule has 0 aliphatic rings. The minimum Gasteiger partial charge on any atom is -0.322 e. The number of hydrogen-bond acceptors (Lipinski definition) is 5. The molecule has 0 bridgehead atoms. The van der Waals surface area contributed by atoms with E-state index in [0.29, 0.717) is 27.7 Å². The van der Waals surface area contributed by atoms with E-state index in [-0.39, 0.29) is 10.6 Å². The first kappa shape index (κ1) is 21.2. The highest BCUT2D eigenvalue weighted by Crippen LogP contribution is 2.30. The highest BCUT2D eigenvalue weighted by Gasteiger charge is 2.15. The van der Waals surface area contributed by atoms with Gasteiger partial charge in [0.1, 0.15) is 0 Å². The van der Waals surface area contributed by atoms with Gasteiger partial charge in [0.25, 0.3) is 5.91 Å². The molecule has 0 aliphatic heterocycles. The maximum absolute atomic E-state index is 12.6. The van der Waals surface area contributed by atoms with Crippen molar-refractivity contribution in [1.82, 2.24) is 4.98 Å². The summed E-state index contributed by atoms with van der Waals surface area (Å²) in [7, 11) is 1.44. The monoisotopic (exact) mass is 451 g/mol. The minimum atomic E-state index is -2.48. The van der Waals surface area contributed by atoms with Crippen LogP contribution in [0.4, 0.5) is 11.4 Å². The van der Waals surface area contributed by atoms with Crippen molar-refractivity contribution >= 4 is 51.8 Å². The van der Waals surface area contributed by atoms with E-state index in [9.17, 15) is 9.00 Å². The zero-order chi connectivity index (χ0) is 21.0. The Balaban J connectivity index is 1.81. The van der Waals surface area contributed by atoms with Gasteiger partial charge in [-0.05, 0) is 48.5 Å². The Labute approximate surface area is 179 Å². The molecule has 1 atom stereocenters. The normalized spacial score (nSPS) is 11.7. The minimum absolute atomic E-state index is 0.151. The lowest BCUT2D eigenvalue weighted by Crippen LogP contribution is -2.19. The SMILES string of the molecule is CN(OS(=O)O)c1ccc(C(=O)Nc2ccc(Cl)c(-c3ccccn3)c2)c(Cl)c1. The van der Waals surface area contributed by atoms with Gasteiger partial charge in [-0.25, -0.2) is 5.06 Å². The fourth-order valence-corrected chi connectivity index (χ4v) is 3.29. The number of rotatable bonds is 6. The smallest absolute Gasteiger partial charge is 0.322 e. The second-order valence-corrected chi connectivity index (χ2v) is 7.21. The number of anilines is 2. The third kappa shape index (κ3) is 5.31. The molecule has 0 saturated heterocycles. The van der Waals surface area contributed by atoms with Crippen LogP contribution in [0, 0.1) is 0 Å². The number of halogens is 2. The molecule has 3 rings (SSSR count). The lowest BCUT2D eigenvalue weighted by atomic mass is 10.1. The molecule has 3 aromatic rings. The summed E-state index contributed by atoms with van der Waals surface area (Å²) in [6.07, 6.45) is 1.66. The molecule has 2 N–H and O–H groups in total. The zero-order valence-electron chi connectivity index (χ0n) is 15.0. The van der Waals surface area contributed by atoms with Crippen LogP contribution in [-0.4, -0.2) is 26.7 Å². The average molecular weight is 452 g/mol. The van der Waals surface area contributed by atoms with Gasteiger partial charge in [0.15, 0.2) is 0 Å². The van der Waals surface area contributed by atoms with Gasteiger partial charge in [-0.2, -0.15) is 4.21 Å². The second-order valence-electron chi connectivity index (χ2n) is 5.82. The van der Waals surface area contributed by atoms with Crippen molar-refractivity contribution < 1.29 is 17.8 Å². The number of hydrogen-bond donors (Lipinski definition) is 2. The maximum Gasteiger partial charge on any atom is 0.325 e. The van der Waals surface area contributed by atoms with Crippen molar-refractivity contribution in [1.29, 1.82) is 0 Å². The second kappa shape index (κ2) is 9.34. The van der Waals surface area contributed by atoms with E-state index < -0.39 is 17.3 Å². The first-order valence-electron chi connectivity index (χ1n) is 8.20. The van der Waals surface area contributed by atoms with Gasteiger partial charge < -0.3 is 5.32 Å². The Hall–Kier alpha value is -2.49. The van der Waals surface area contributed by atoms with Crippen LogP contribution in [-0.2, 0) is 15.6 Å². The number of nitrogens with one attached hydrogen (secondary N) is 1. The third-order valence-corrected chi connectivity index (χ3v) is 4.89. The van der Waals surface area contributed by atoms with Gasteiger partial charge in [0.05, 0.1) is 27.0 Å². The summed E-state index contributed by atoms with van der Waals surface area (Å²) in [6.45, 7) is 0. The van der Waals surface area contributed by atoms with E-state index in [1.165, 1.54) is 25.2 Å². The first-order chi connectivity index (χ1) is 13.8. The number of nitrogens with zero attached hydrogens (tertiary/aromatic N) is 2. The topological polar surface area (TPSA) is 91.8 Å². The molecular formula is C19H15Cl2N3O4S. The van der Waals surface area contributed by atoms with Crippen molar-refractivity contribution in [2.45, 2.75) is 0 Å². The molecule has 0 radical (unpaired) electrons. The quantitative estimate of drug-likeness (QED) is 0.412. The van der Waals surface area contributed by atoms with Gasteiger partial charge in [0, 0.05) is 24.5 Å². The van der Waals surface area contributed by atoms with E-state index in [4.69, 9.17) is 27.8 Å². The molecule has 150 valence electrons. The van der Waals surface area contributed by atoms with Crippen molar-refractivity contribution in [2.75, 3.05) is 17.4 Å². The molecule has 1 unspecified atom stereocenters. The maximum atomic E-state index is 12.6. The summed E-state index contributed by atoms with van der Waals surface area (Å²) in [4.78, 5) is 16.9. The largest absolute Gasteiger partial charge is 0.325 e. The number of pyridine rings is 1. The number of benzene rings is 2. The Morgan fingerprint density at radius 2 is 1.93 bits per heavy atom. The Morgan fingerprint density at radius 3 is 2.59 bits per heavy atom. The average Bonchev–Trinajstić information content (AvgIpc) is 2.69. The molecule has 7 nitrogen and oxygen atoms in total. The first-order valence-corrected chi connectivity index (χ1v) is 9.99. The van der Waals surface area contributed by atoms with Gasteiger partial charge in [0.2, 0.25) is 0 Å². The Bertz CT molecular complexity index is 1070. The standard InChI is InChI=1S/C19H15Cl2N3O4S/c1-24(28-29(26)27)13-6-7-14(17(21)11-13)19(25)23-12-5-8-16(20)15(10-12)18-4-2-3-9-22-18/h2-11H,1H3,(H,23,25)(H,26,27). The van der Waals surface area contributed by atoms with Crippen molar-refractivity contribution in [3.05, 3.63) is 76.4 Å². The van der Waals surface area contributed by atoms with Crippen LogP contribution < -0.4 is 10.4 Å². The number of aromatic nitrogens is 1. The van der Waals surface area contributed by atoms with E-state index >= 15 is 0 Å². The van der Waals surface area contributed by atoms with Crippen LogP contribution in [0.15, 0.2) is 60.8 Å².